The van der Waals surface area contributed by atoms with Crippen molar-refractivity contribution in [2.75, 3.05) is 6.26 Å². The molecule has 1 aromatic carbocycles. The second-order valence-electron chi connectivity index (χ2n) is 6.29. The number of nitrogens with one attached hydrogen (secondary N) is 1. The van der Waals surface area contributed by atoms with Crippen LogP contribution in [0, 0.1) is 0 Å². The molecular formula is C17H19N3O5S2. The molecule has 2 aliphatic rings. The van der Waals surface area contributed by atoms with Gasteiger partial charge in [-0.25, -0.2) is 4.79 Å². The standard InChI is InChI=1S/C17H19N3O5S2/c1-8-11(17(23)24)7-20-15(22)13(16(20)26-8)19-14(21)12(18)9-3-5-10(6-4-9)27(2)25/h3-8,12-13,16H,18H2,1-2H3,(H,19,21)(H,23,24)/t8?,12?,13?,16-,27?/m1/s1. The fourth-order valence-corrected chi connectivity index (χ4v) is 4.81. The lowest BCUT2D eigenvalue weighted by atomic mass is 10.0. The number of nitrogens with zero attached hydrogens (tertiary/aromatic N) is 1. The molecular weight excluding hydrogens is 390 g/mol. The van der Waals surface area contributed by atoms with Crippen molar-refractivity contribution in [1.82, 2.24) is 10.2 Å². The van der Waals surface area contributed by atoms with Gasteiger partial charge >= 0.3 is 5.97 Å². The second kappa shape index (κ2) is 7.45. The van der Waals surface area contributed by atoms with E-state index >= 15 is 0 Å². The zero-order valence-corrected chi connectivity index (χ0v) is 16.3. The van der Waals surface area contributed by atoms with E-state index in [1.807, 2.05) is 0 Å². The number of carbonyl (C=O) groups is 3. The Hall–Kier alpha value is -2.17. The van der Waals surface area contributed by atoms with Crippen LogP contribution >= 0.6 is 11.8 Å². The van der Waals surface area contributed by atoms with Gasteiger partial charge in [-0.05, 0) is 24.6 Å². The molecule has 3 rings (SSSR count). The predicted molar refractivity (Wildman–Crippen MR) is 101 cm³/mol. The first-order valence-electron chi connectivity index (χ1n) is 8.12. The molecule has 5 atom stereocenters. The smallest absolute Gasteiger partial charge is 0.334 e. The van der Waals surface area contributed by atoms with E-state index in [2.05, 4.69) is 5.32 Å². The molecule has 0 bridgehead atoms. The van der Waals surface area contributed by atoms with Gasteiger partial charge in [0, 0.05) is 33.4 Å². The van der Waals surface area contributed by atoms with Gasteiger partial charge in [0.25, 0.3) is 5.91 Å². The minimum atomic E-state index is -1.12. The number of benzene rings is 1. The van der Waals surface area contributed by atoms with Gasteiger partial charge in [0.2, 0.25) is 5.91 Å². The Morgan fingerprint density at radius 3 is 2.52 bits per heavy atom. The lowest BCUT2D eigenvalue weighted by Crippen LogP contribution is -2.69. The van der Waals surface area contributed by atoms with Crippen molar-refractivity contribution < 1.29 is 23.7 Å². The maximum absolute atomic E-state index is 12.5. The van der Waals surface area contributed by atoms with Crippen molar-refractivity contribution in [3.05, 3.63) is 41.6 Å². The summed E-state index contributed by atoms with van der Waals surface area (Å²) in [4.78, 5) is 37.9. The average Bonchev–Trinajstić information content (AvgIpc) is 2.64. The Balaban J connectivity index is 1.67. The molecule has 0 spiro atoms. The Kier molecular flexibility index (Phi) is 5.41. The van der Waals surface area contributed by atoms with Crippen LogP contribution in [0.2, 0.25) is 0 Å². The molecule has 0 aromatic heterocycles. The maximum Gasteiger partial charge on any atom is 0.334 e. The number of carboxylic acids is 1. The first kappa shape index (κ1) is 19.6. The predicted octanol–water partition coefficient (Wildman–Crippen LogP) is 0.181. The summed E-state index contributed by atoms with van der Waals surface area (Å²) in [6, 6.07) is 4.84. The normalized spacial score (nSPS) is 26.3. The lowest BCUT2D eigenvalue weighted by molar-refractivity contribution is -0.145. The number of hydrogen-bond donors (Lipinski definition) is 3. The Morgan fingerprint density at radius 1 is 1.33 bits per heavy atom. The summed E-state index contributed by atoms with van der Waals surface area (Å²) in [5, 5.41) is 11.2. The number of fused-ring (bicyclic) bond motifs is 1. The van der Waals surface area contributed by atoms with E-state index in [1.54, 1.807) is 37.4 Å². The Bertz CT molecular complexity index is 855. The summed E-state index contributed by atoms with van der Waals surface area (Å²) in [7, 11) is -1.12. The van der Waals surface area contributed by atoms with E-state index < -0.39 is 34.8 Å². The van der Waals surface area contributed by atoms with E-state index in [0.717, 1.165) is 0 Å². The highest BCUT2D eigenvalue weighted by molar-refractivity contribution is 8.00. The number of hydrogen-bond acceptors (Lipinski definition) is 6. The third kappa shape index (κ3) is 3.64. The highest BCUT2D eigenvalue weighted by Gasteiger charge is 2.51. The SMILES string of the molecule is CC1S[C@@H]2C(NC(=O)C(N)c3ccc(S(C)=O)cc3)C(=O)N2C=C1C(=O)O. The van der Waals surface area contributed by atoms with Crippen molar-refractivity contribution in [2.24, 2.45) is 5.73 Å². The molecule has 1 aromatic rings. The van der Waals surface area contributed by atoms with E-state index in [1.165, 1.54) is 22.9 Å². The number of carbonyl (C=O) groups excluding carboxylic acids is 2. The minimum Gasteiger partial charge on any atom is -0.478 e. The van der Waals surface area contributed by atoms with Crippen LogP contribution in [0.4, 0.5) is 0 Å². The van der Waals surface area contributed by atoms with Crippen LogP contribution in [0.5, 0.6) is 0 Å². The second-order valence-corrected chi connectivity index (χ2v) is 9.13. The zero-order chi connectivity index (χ0) is 19.9. The van der Waals surface area contributed by atoms with Crippen molar-refractivity contribution in [1.29, 1.82) is 0 Å². The van der Waals surface area contributed by atoms with Crippen molar-refractivity contribution in [3.63, 3.8) is 0 Å². The fraction of sp³-hybridized carbons (Fsp3) is 0.353. The van der Waals surface area contributed by atoms with Gasteiger partial charge < -0.3 is 21.1 Å². The van der Waals surface area contributed by atoms with Crippen molar-refractivity contribution in [3.8, 4) is 0 Å². The summed E-state index contributed by atoms with van der Waals surface area (Å²) in [6.07, 6.45) is 2.89. The van der Waals surface area contributed by atoms with Crippen LogP contribution in [0.3, 0.4) is 0 Å². The van der Waals surface area contributed by atoms with Gasteiger partial charge in [-0.1, -0.05) is 12.1 Å². The molecule has 1 saturated heterocycles. The van der Waals surface area contributed by atoms with Gasteiger partial charge in [-0.2, -0.15) is 0 Å². The maximum atomic E-state index is 12.5. The van der Waals surface area contributed by atoms with Crippen LogP contribution < -0.4 is 11.1 Å². The summed E-state index contributed by atoms with van der Waals surface area (Å²) in [5.74, 6) is -1.93. The number of β-lactam (4-membered cyclic amide) rings is 1. The molecule has 4 unspecified atom stereocenters. The molecule has 1 fully saturated rings. The third-order valence-corrected chi connectivity index (χ3v) is 6.91. The van der Waals surface area contributed by atoms with E-state index in [-0.39, 0.29) is 22.1 Å². The van der Waals surface area contributed by atoms with Crippen LogP contribution in [-0.4, -0.2) is 54.9 Å². The number of amides is 2. The van der Waals surface area contributed by atoms with Gasteiger partial charge in [0.15, 0.2) is 0 Å². The Labute approximate surface area is 162 Å². The molecule has 2 heterocycles. The van der Waals surface area contributed by atoms with Crippen LogP contribution in [0.15, 0.2) is 40.9 Å². The number of carboxylic acid groups (broad SMARTS) is 1. The molecule has 0 aliphatic carbocycles. The molecule has 0 saturated carbocycles. The Morgan fingerprint density at radius 2 is 1.96 bits per heavy atom. The van der Waals surface area contributed by atoms with Gasteiger partial charge in [-0.3, -0.25) is 13.8 Å². The van der Waals surface area contributed by atoms with E-state index in [0.29, 0.717) is 10.5 Å². The largest absolute Gasteiger partial charge is 0.478 e. The summed E-state index contributed by atoms with van der Waals surface area (Å²) >= 11 is 1.31. The minimum absolute atomic E-state index is 0.152. The monoisotopic (exact) mass is 409 g/mol. The number of rotatable bonds is 5. The number of aliphatic carboxylic acids is 1. The summed E-state index contributed by atoms with van der Waals surface area (Å²) < 4.78 is 11.4. The van der Waals surface area contributed by atoms with Crippen LogP contribution in [0.25, 0.3) is 0 Å². The highest BCUT2D eigenvalue weighted by Crippen LogP contribution is 2.40. The van der Waals surface area contributed by atoms with Gasteiger partial charge in [-0.15, -0.1) is 11.8 Å². The zero-order valence-electron chi connectivity index (χ0n) is 14.6. The average molecular weight is 409 g/mol. The lowest BCUT2D eigenvalue weighted by Gasteiger charge is -2.48. The van der Waals surface area contributed by atoms with Crippen molar-refractivity contribution >= 4 is 40.3 Å². The van der Waals surface area contributed by atoms with Gasteiger partial charge in [0.05, 0.1) is 5.57 Å². The van der Waals surface area contributed by atoms with Crippen molar-refractivity contribution in [2.45, 2.75) is 34.5 Å². The first-order chi connectivity index (χ1) is 12.7. The van der Waals surface area contributed by atoms with Crippen LogP contribution in [-0.2, 0) is 25.2 Å². The third-order valence-electron chi connectivity index (χ3n) is 4.54. The summed E-state index contributed by atoms with van der Waals surface area (Å²) in [5.41, 5.74) is 6.68. The molecule has 144 valence electrons. The molecule has 27 heavy (non-hydrogen) atoms. The number of thioether (sulfide) groups is 1. The number of nitrogens with two attached hydrogens (primary N) is 1. The summed E-state index contributed by atoms with van der Waals surface area (Å²) in [6.45, 7) is 1.74. The topological polar surface area (TPSA) is 130 Å². The molecule has 4 N–H and O–H groups in total. The molecule has 8 nitrogen and oxygen atoms in total. The molecule has 2 amide bonds. The fourth-order valence-electron chi connectivity index (χ4n) is 2.93. The molecule has 10 heteroatoms. The van der Waals surface area contributed by atoms with Crippen LogP contribution in [0.1, 0.15) is 18.5 Å². The van der Waals surface area contributed by atoms with E-state index in [9.17, 15) is 18.6 Å². The van der Waals surface area contributed by atoms with Gasteiger partial charge in [0.1, 0.15) is 17.5 Å². The quantitative estimate of drug-likeness (QED) is 0.592. The van der Waals surface area contributed by atoms with E-state index in [4.69, 9.17) is 10.8 Å². The first-order valence-corrected chi connectivity index (χ1v) is 10.6. The molecule has 0 radical (unpaired) electrons. The highest BCUT2D eigenvalue weighted by atomic mass is 32.2. The molecule has 2 aliphatic heterocycles.